The molecule has 2 amide bonds. The number of nitrogens with zero attached hydrogens (tertiary/aromatic N) is 4. The number of amides is 2. The van der Waals surface area contributed by atoms with Gasteiger partial charge in [0.1, 0.15) is 11.6 Å². The van der Waals surface area contributed by atoms with Crippen LogP contribution in [0.2, 0.25) is 0 Å². The van der Waals surface area contributed by atoms with Crippen LogP contribution in [0.3, 0.4) is 0 Å². The van der Waals surface area contributed by atoms with Crippen molar-refractivity contribution in [2.75, 3.05) is 31.1 Å². The van der Waals surface area contributed by atoms with Crippen molar-refractivity contribution in [1.29, 1.82) is 0 Å². The molecule has 0 unspecified atom stereocenters. The van der Waals surface area contributed by atoms with Gasteiger partial charge < -0.3 is 15.1 Å². The molecular weight excluding hydrogens is 410 g/mol. The minimum Gasteiger partial charge on any atom is -0.354 e. The second kappa shape index (κ2) is 10.9. The number of aromatic nitrogens is 2. The summed E-state index contributed by atoms with van der Waals surface area (Å²) in [6.07, 6.45) is 2.60. The lowest BCUT2D eigenvalue weighted by atomic mass is 10.0. The molecule has 4 rings (SSSR count). The molecule has 6 nitrogen and oxygen atoms in total. The molecular formula is C27H33N5O. The number of carbonyl (C=O) groups is 1. The third-order valence-electron chi connectivity index (χ3n) is 6.11. The zero-order valence-corrected chi connectivity index (χ0v) is 19.6. The number of aryl methyl sites for hydroxylation is 2. The monoisotopic (exact) mass is 443 g/mol. The van der Waals surface area contributed by atoms with Crippen LogP contribution >= 0.6 is 0 Å². The van der Waals surface area contributed by atoms with E-state index in [1.165, 1.54) is 11.1 Å². The summed E-state index contributed by atoms with van der Waals surface area (Å²) in [6.45, 7) is 7.74. The molecule has 0 spiro atoms. The van der Waals surface area contributed by atoms with E-state index in [0.717, 1.165) is 61.8 Å². The molecule has 1 fully saturated rings. The highest BCUT2D eigenvalue weighted by Gasteiger charge is 2.23. The van der Waals surface area contributed by atoms with Gasteiger partial charge in [0, 0.05) is 50.4 Å². The summed E-state index contributed by atoms with van der Waals surface area (Å²) in [6, 6.07) is 20.5. The van der Waals surface area contributed by atoms with Gasteiger partial charge in [-0.1, -0.05) is 67.6 Å². The predicted molar refractivity (Wildman–Crippen MR) is 132 cm³/mol. The van der Waals surface area contributed by atoms with Gasteiger partial charge >= 0.3 is 6.03 Å². The first-order valence-electron chi connectivity index (χ1n) is 11.9. The molecule has 172 valence electrons. The molecule has 0 atom stereocenters. The Balaban J connectivity index is 1.48. The summed E-state index contributed by atoms with van der Waals surface area (Å²) in [5, 5.41) is 3.07. The number of hydrogen-bond acceptors (Lipinski definition) is 4. The van der Waals surface area contributed by atoms with E-state index >= 15 is 0 Å². The van der Waals surface area contributed by atoms with Crippen LogP contribution in [0.1, 0.15) is 41.6 Å². The molecule has 2 heterocycles. The van der Waals surface area contributed by atoms with Crippen LogP contribution in [0, 0.1) is 6.92 Å². The first-order valence-corrected chi connectivity index (χ1v) is 11.9. The van der Waals surface area contributed by atoms with E-state index in [2.05, 4.69) is 41.4 Å². The van der Waals surface area contributed by atoms with E-state index in [4.69, 9.17) is 9.97 Å². The third kappa shape index (κ3) is 5.89. The molecule has 6 heteroatoms. The van der Waals surface area contributed by atoms with Crippen LogP contribution < -0.4 is 10.2 Å². The Labute approximate surface area is 196 Å². The first-order chi connectivity index (χ1) is 16.1. The minimum atomic E-state index is -0.00155. The SMILES string of the molecule is CCc1nc(C)nc(N2CCCN(C(=O)NCc3ccccc3)CC2)c1Cc1ccccc1. The number of nitrogens with one attached hydrogen (secondary N) is 1. The van der Waals surface area contributed by atoms with Crippen molar-refractivity contribution in [3.8, 4) is 0 Å². The fourth-order valence-electron chi connectivity index (χ4n) is 4.39. The van der Waals surface area contributed by atoms with E-state index in [1.807, 2.05) is 48.2 Å². The molecule has 0 saturated carbocycles. The highest BCUT2D eigenvalue weighted by atomic mass is 16.2. The van der Waals surface area contributed by atoms with Crippen molar-refractivity contribution >= 4 is 11.8 Å². The van der Waals surface area contributed by atoms with Gasteiger partial charge in [-0.15, -0.1) is 0 Å². The summed E-state index contributed by atoms with van der Waals surface area (Å²) in [5.41, 5.74) is 4.69. The van der Waals surface area contributed by atoms with Crippen molar-refractivity contribution in [3.05, 3.63) is 88.9 Å². The Morgan fingerprint density at radius 3 is 2.30 bits per heavy atom. The highest BCUT2D eigenvalue weighted by Crippen LogP contribution is 2.26. The maximum atomic E-state index is 12.8. The number of benzene rings is 2. The minimum absolute atomic E-state index is 0.00155. The van der Waals surface area contributed by atoms with E-state index in [1.54, 1.807) is 0 Å². The Kier molecular flexibility index (Phi) is 7.55. The van der Waals surface area contributed by atoms with Gasteiger partial charge in [-0.25, -0.2) is 14.8 Å². The Morgan fingerprint density at radius 1 is 0.909 bits per heavy atom. The van der Waals surface area contributed by atoms with E-state index in [-0.39, 0.29) is 6.03 Å². The summed E-state index contributed by atoms with van der Waals surface area (Å²) in [5.74, 6) is 1.83. The lowest BCUT2D eigenvalue weighted by Gasteiger charge is -2.26. The zero-order chi connectivity index (χ0) is 23.0. The first kappa shape index (κ1) is 22.8. The normalized spacial score (nSPS) is 14.1. The third-order valence-corrected chi connectivity index (χ3v) is 6.11. The van der Waals surface area contributed by atoms with Crippen molar-refractivity contribution in [3.63, 3.8) is 0 Å². The van der Waals surface area contributed by atoms with E-state index < -0.39 is 0 Å². The summed E-state index contributed by atoms with van der Waals surface area (Å²) >= 11 is 0. The quantitative estimate of drug-likeness (QED) is 0.615. The van der Waals surface area contributed by atoms with Crippen LogP contribution in [0.25, 0.3) is 0 Å². The molecule has 0 radical (unpaired) electrons. The smallest absolute Gasteiger partial charge is 0.317 e. The number of anilines is 1. The van der Waals surface area contributed by atoms with Crippen molar-refractivity contribution in [2.24, 2.45) is 0 Å². The second-order valence-corrected chi connectivity index (χ2v) is 8.51. The van der Waals surface area contributed by atoms with Crippen LogP contribution in [0.5, 0.6) is 0 Å². The standard InChI is InChI=1S/C27H33N5O/c1-3-25-24(19-22-11-6-4-7-12-22)26(30-21(2)29-25)31-15-10-16-32(18-17-31)27(33)28-20-23-13-8-5-9-14-23/h4-9,11-14H,3,10,15-20H2,1-2H3,(H,28,33). The number of rotatable bonds is 6. The fraction of sp³-hybridized carbons (Fsp3) is 0.370. The maximum absolute atomic E-state index is 12.8. The molecule has 1 aromatic heterocycles. The van der Waals surface area contributed by atoms with Crippen molar-refractivity contribution in [1.82, 2.24) is 20.2 Å². The number of urea groups is 1. The zero-order valence-electron chi connectivity index (χ0n) is 19.6. The van der Waals surface area contributed by atoms with Gasteiger partial charge in [0.25, 0.3) is 0 Å². The van der Waals surface area contributed by atoms with Gasteiger partial charge in [-0.05, 0) is 30.9 Å². The van der Waals surface area contributed by atoms with Crippen LogP contribution in [-0.2, 0) is 19.4 Å². The molecule has 0 aliphatic carbocycles. The average Bonchev–Trinajstić information content (AvgIpc) is 3.11. The molecule has 1 N–H and O–H groups in total. The van der Waals surface area contributed by atoms with Crippen molar-refractivity contribution in [2.45, 2.75) is 39.7 Å². The van der Waals surface area contributed by atoms with Gasteiger partial charge in [0.05, 0.1) is 0 Å². The Bertz CT molecular complexity index is 1050. The number of hydrogen-bond donors (Lipinski definition) is 1. The largest absolute Gasteiger partial charge is 0.354 e. The summed E-state index contributed by atoms with van der Waals surface area (Å²) < 4.78 is 0. The molecule has 33 heavy (non-hydrogen) atoms. The summed E-state index contributed by atoms with van der Waals surface area (Å²) in [7, 11) is 0. The van der Waals surface area contributed by atoms with Crippen LogP contribution in [-0.4, -0.2) is 47.1 Å². The highest BCUT2D eigenvalue weighted by molar-refractivity contribution is 5.74. The Hall–Kier alpha value is -3.41. The van der Waals surface area contributed by atoms with Gasteiger partial charge in [0.15, 0.2) is 0 Å². The Morgan fingerprint density at radius 2 is 1.61 bits per heavy atom. The maximum Gasteiger partial charge on any atom is 0.317 e. The molecule has 2 aromatic carbocycles. The summed E-state index contributed by atoms with van der Waals surface area (Å²) in [4.78, 5) is 26.7. The average molecular weight is 444 g/mol. The number of carbonyl (C=O) groups excluding carboxylic acids is 1. The second-order valence-electron chi connectivity index (χ2n) is 8.51. The van der Waals surface area contributed by atoms with Crippen LogP contribution in [0.4, 0.5) is 10.6 Å². The van der Waals surface area contributed by atoms with Crippen LogP contribution in [0.15, 0.2) is 60.7 Å². The molecule has 1 aliphatic rings. The van der Waals surface area contributed by atoms with Gasteiger partial charge in [-0.2, -0.15) is 0 Å². The molecule has 1 aliphatic heterocycles. The molecule has 0 bridgehead atoms. The van der Waals surface area contributed by atoms with Gasteiger partial charge in [0.2, 0.25) is 0 Å². The van der Waals surface area contributed by atoms with Crippen molar-refractivity contribution < 1.29 is 4.79 Å². The van der Waals surface area contributed by atoms with Gasteiger partial charge in [-0.3, -0.25) is 0 Å². The topological polar surface area (TPSA) is 61.4 Å². The van der Waals surface area contributed by atoms with E-state index in [0.29, 0.717) is 13.1 Å². The predicted octanol–water partition coefficient (Wildman–Crippen LogP) is 4.36. The molecule has 1 saturated heterocycles. The lowest BCUT2D eigenvalue weighted by Crippen LogP contribution is -2.42. The fourth-order valence-corrected chi connectivity index (χ4v) is 4.39. The molecule has 3 aromatic rings. The van der Waals surface area contributed by atoms with E-state index in [9.17, 15) is 4.79 Å². The lowest BCUT2D eigenvalue weighted by molar-refractivity contribution is 0.201.